The zero-order chi connectivity index (χ0) is 13.1. The van der Waals surface area contributed by atoms with Crippen molar-refractivity contribution < 1.29 is 14.7 Å². The maximum absolute atomic E-state index is 12.1. The molecule has 0 aliphatic heterocycles. The molecule has 0 radical (unpaired) electrons. The van der Waals surface area contributed by atoms with Crippen molar-refractivity contribution in [2.45, 2.75) is 25.3 Å². The predicted molar refractivity (Wildman–Crippen MR) is 75.2 cm³/mol. The van der Waals surface area contributed by atoms with Crippen molar-refractivity contribution in [1.82, 2.24) is 4.90 Å². The number of hydrogen-bond donors (Lipinski definition) is 1. The molecule has 4 nitrogen and oxygen atoms in total. The van der Waals surface area contributed by atoms with Crippen molar-refractivity contribution in [3.05, 3.63) is 33.4 Å². The number of nitrogens with zero attached hydrogens (tertiary/aromatic N) is 1. The van der Waals surface area contributed by atoms with E-state index < -0.39 is 5.97 Å². The third kappa shape index (κ3) is 3.69. The lowest BCUT2D eigenvalue weighted by Gasteiger charge is -2.20. The van der Waals surface area contributed by atoms with Gasteiger partial charge in [0.25, 0.3) is 0 Å². The number of carboxylic acid groups (broad SMARTS) is 1. The number of carboxylic acids is 1. The summed E-state index contributed by atoms with van der Waals surface area (Å²) < 4.78 is 1.08. The van der Waals surface area contributed by atoms with Gasteiger partial charge in [-0.15, -0.1) is 0 Å². The molecule has 0 atom stereocenters. The fraction of sp³-hybridized carbons (Fsp3) is 0.385. The molecule has 1 amide bonds. The number of carbonyl (C=O) groups excluding carboxylic acids is 1. The van der Waals surface area contributed by atoms with Crippen LogP contribution in [-0.4, -0.2) is 34.5 Å². The first-order chi connectivity index (χ1) is 8.56. The van der Waals surface area contributed by atoms with Gasteiger partial charge in [-0.2, -0.15) is 0 Å². The second-order valence-electron chi connectivity index (χ2n) is 4.45. The molecule has 18 heavy (non-hydrogen) atoms. The normalized spacial score (nSPS) is 14.3. The fourth-order valence-electron chi connectivity index (χ4n) is 1.88. The molecule has 0 aromatic heterocycles. The molecule has 2 rings (SSSR count). The summed E-state index contributed by atoms with van der Waals surface area (Å²) in [6.07, 6.45) is 2.12. The molecular weight excluding hydrogens is 345 g/mol. The summed E-state index contributed by atoms with van der Waals surface area (Å²) in [4.78, 5) is 24.3. The highest BCUT2D eigenvalue weighted by atomic mass is 127. The molecule has 0 saturated heterocycles. The largest absolute Gasteiger partial charge is 0.480 e. The zero-order valence-corrected chi connectivity index (χ0v) is 12.0. The Balaban J connectivity index is 2.02. The van der Waals surface area contributed by atoms with Crippen molar-refractivity contribution >= 4 is 34.5 Å². The summed E-state index contributed by atoms with van der Waals surface area (Å²) in [6, 6.07) is 7.85. The molecule has 1 fully saturated rings. The van der Waals surface area contributed by atoms with Gasteiger partial charge in [0.15, 0.2) is 0 Å². The van der Waals surface area contributed by atoms with Crippen LogP contribution in [0.25, 0.3) is 0 Å². The number of hydrogen-bond acceptors (Lipinski definition) is 2. The van der Waals surface area contributed by atoms with E-state index in [1.165, 1.54) is 4.90 Å². The Morgan fingerprint density at radius 1 is 1.39 bits per heavy atom. The highest BCUT2D eigenvalue weighted by molar-refractivity contribution is 14.1. The Morgan fingerprint density at radius 3 is 2.67 bits per heavy atom. The molecule has 1 aromatic carbocycles. The van der Waals surface area contributed by atoms with Crippen LogP contribution in [-0.2, 0) is 16.0 Å². The van der Waals surface area contributed by atoms with E-state index in [1.807, 2.05) is 24.3 Å². The standard InChI is InChI=1S/C13H14INO3/c14-10-3-1-2-9(6-10)7-12(16)15(8-13(17)18)11-4-5-11/h1-3,6,11H,4-5,7-8H2,(H,17,18). The van der Waals surface area contributed by atoms with E-state index in [-0.39, 0.29) is 24.9 Å². The van der Waals surface area contributed by atoms with Crippen molar-refractivity contribution in [2.75, 3.05) is 6.54 Å². The Hall–Kier alpha value is -1.11. The Morgan fingerprint density at radius 2 is 2.11 bits per heavy atom. The van der Waals surface area contributed by atoms with Gasteiger partial charge in [-0.05, 0) is 53.1 Å². The molecule has 1 aliphatic carbocycles. The first-order valence-corrected chi connectivity index (χ1v) is 6.90. The van der Waals surface area contributed by atoms with Gasteiger partial charge in [0.1, 0.15) is 6.54 Å². The lowest BCUT2D eigenvalue weighted by molar-refractivity contribution is -0.144. The molecule has 1 N–H and O–H groups in total. The number of rotatable bonds is 5. The number of benzene rings is 1. The Labute approximate surface area is 119 Å². The van der Waals surface area contributed by atoms with Crippen LogP contribution in [0.3, 0.4) is 0 Å². The smallest absolute Gasteiger partial charge is 0.323 e. The first-order valence-electron chi connectivity index (χ1n) is 5.82. The second kappa shape index (κ2) is 5.69. The van der Waals surface area contributed by atoms with Gasteiger partial charge in [-0.3, -0.25) is 9.59 Å². The van der Waals surface area contributed by atoms with Crippen molar-refractivity contribution in [2.24, 2.45) is 0 Å². The molecule has 96 valence electrons. The van der Waals surface area contributed by atoms with Crippen LogP contribution in [0, 0.1) is 3.57 Å². The molecule has 5 heteroatoms. The van der Waals surface area contributed by atoms with Crippen LogP contribution in [0.4, 0.5) is 0 Å². The molecule has 0 bridgehead atoms. The van der Waals surface area contributed by atoms with Crippen LogP contribution >= 0.6 is 22.6 Å². The highest BCUT2D eigenvalue weighted by Gasteiger charge is 2.33. The van der Waals surface area contributed by atoms with Crippen molar-refractivity contribution in [3.8, 4) is 0 Å². The average Bonchev–Trinajstić information content (AvgIpc) is 3.09. The molecular formula is C13H14INO3. The summed E-state index contributed by atoms with van der Waals surface area (Å²) in [7, 11) is 0. The fourth-order valence-corrected chi connectivity index (χ4v) is 2.48. The van der Waals surface area contributed by atoms with Crippen LogP contribution in [0.1, 0.15) is 18.4 Å². The quantitative estimate of drug-likeness (QED) is 0.818. The summed E-state index contributed by atoms with van der Waals surface area (Å²) in [5.74, 6) is -1.04. The van der Waals surface area contributed by atoms with Crippen LogP contribution < -0.4 is 0 Å². The van der Waals surface area contributed by atoms with E-state index in [4.69, 9.17) is 5.11 Å². The third-order valence-electron chi connectivity index (χ3n) is 2.86. The van der Waals surface area contributed by atoms with Gasteiger partial charge in [-0.25, -0.2) is 0 Å². The monoisotopic (exact) mass is 359 g/mol. The lowest BCUT2D eigenvalue weighted by Crippen LogP contribution is -2.38. The summed E-state index contributed by atoms with van der Waals surface area (Å²) >= 11 is 2.20. The van der Waals surface area contributed by atoms with Gasteiger partial charge in [0, 0.05) is 9.61 Å². The minimum Gasteiger partial charge on any atom is -0.480 e. The van der Waals surface area contributed by atoms with E-state index in [0.29, 0.717) is 0 Å². The minimum atomic E-state index is -0.946. The molecule has 0 unspecified atom stereocenters. The van der Waals surface area contributed by atoms with E-state index >= 15 is 0 Å². The topological polar surface area (TPSA) is 57.6 Å². The van der Waals surface area contributed by atoms with Gasteiger partial charge in [0.2, 0.25) is 5.91 Å². The maximum atomic E-state index is 12.1. The van der Waals surface area contributed by atoms with E-state index in [1.54, 1.807) is 0 Å². The number of halogens is 1. The molecule has 1 aromatic rings. The number of carbonyl (C=O) groups is 2. The average molecular weight is 359 g/mol. The minimum absolute atomic E-state index is 0.0955. The summed E-state index contributed by atoms with van der Waals surface area (Å²) in [6.45, 7) is -0.187. The third-order valence-corrected chi connectivity index (χ3v) is 3.53. The van der Waals surface area contributed by atoms with Gasteiger partial charge in [0.05, 0.1) is 6.42 Å². The number of amides is 1. The van der Waals surface area contributed by atoms with Gasteiger partial charge in [-0.1, -0.05) is 12.1 Å². The van der Waals surface area contributed by atoms with Crippen LogP contribution in [0.15, 0.2) is 24.3 Å². The molecule has 1 saturated carbocycles. The van der Waals surface area contributed by atoms with Gasteiger partial charge < -0.3 is 10.0 Å². The first kappa shape index (κ1) is 13.3. The number of aliphatic carboxylic acids is 1. The Kier molecular flexibility index (Phi) is 4.21. The second-order valence-corrected chi connectivity index (χ2v) is 5.70. The molecule has 0 heterocycles. The van der Waals surface area contributed by atoms with Crippen LogP contribution in [0.5, 0.6) is 0 Å². The van der Waals surface area contributed by atoms with E-state index in [0.717, 1.165) is 22.0 Å². The lowest BCUT2D eigenvalue weighted by atomic mass is 10.1. The predicted octanol–water partition coefficient (Wildman–Crippen LogP) is 1.91. The SMILES string of the molecule is O=C(O)CN(C(=O)Cc1cccc(I)c1)C1CC1. The van der Waals surface area contributed by atoms with Gasteiger partial charge >= 0.3 is 5.97 Å². The van der Waals surface area contributed by atoms with Crippen LogP contribution in [0.2, 0.25) is 0 Å². The van der Waals surface area contributed by atoms with Crippen molar-refractivity contribution in [1.29, 1.82) is 0 Å². The zero-order valence-electron chi connectivity index (χ0n) is 9.80. The van der Waals surface area contributed by atoms with Crippen molar-refractivity contribution in [3.63, 3.8) is 0 Å². The maximum Gasteiger partial charge on any atom is 0.323 e. The summed E-state index contributed by atoms with van der Waals surface area (Å²) in [5, 5.41) is 8.82. The summed E-state index contributed by atoms with van der Waals surface area (Å²) in [5.41, 5.74) is 0.933. The molecule has 1 aliphatic rings. The molecule has 0 spiro atoms. The van der Waals surface area contributed by atoms with E-state index in [9.17, 15) is 9.59 Å². The Bertz CT molecular complexity index is 471. The van der Waals surface area contributed by atoms with E-state index in [2.05, 4.69) is 22.6 Å². The highest BCUT2D eigenvalue weighted by Crippen LogP contribution is 2.27.